The van der Waals surface area contributed by atoms with Crippen molar-refractivity contribution >= 4 is 28.9 Å². The predicted molar refractivity (Wildman–Crippen MR) is 89.3 cm³/mol. The summed E-state index contributed by atoms with van der Waals surface area (Å²) >= 11 is 5.59. The summed E-state index contributed by atoms with van der Waals surface area (Å²) in [5.74, 6) is 1.66. The molecule has 0 saturated heterocycles. The molecule has 0 radical (unpaired) electrons. The average Bonchev–Trinajstić information content (AvgIpc) is 2.61. The highest BCUT2D eigenvalue weighted by atomic mass is 35.5. The first-order chi connectivity index (χ1) is 11.2. The zero-order valence-corrected chi connectivity index (χ0v) is 13.0. The van der Waals surface area contributed by atoms with E-state index in [1.165, 1.54) is 0 Å². The number of nitrogens with zero attached hydrogens (tertiary/aromatic N) is 1. The molecule has 0 saturated carbocycles. The van der Waals surface area contributed by atoms with Gasteiger partial charge in [0.1, 0.15) is 19.0 Å². The summed E-state index contributed by atoms with van der Waals surface area (Å²) in [4.78, 5) is 16.7. The van der Waals surface area contributed by atoms with Crippen LogP contribution in [0.15, 0.2) is 47.5 Å². The monoisotopic (exact) mass is 330 g/mol. The van der Waals surface area contributed by atoms with Crippen LogP contribution in [0.5, 0.6) is 11.5 Å². The highest BCUT2D eigenvalue weighted by molar-refractivity contribution is 6.28. The van der Waals surface area contributed by atoms with Gasteiger partial charge in [-0.2, -0.15) is 0 Å². The van der Waals surface area contributed by atoms with Gasteiger partial charge < -0.3 is 15.2 Å². The number of ketones is 1. The lowest BCUT2D eigenvalue weighted by Crippen LogP contribution is -2.15. The second-order valence-corrected chi connectivity index (χ2v) is 5.24. The van der Waals surface area contributed by atoms with Crippen molar-refractivity contribution in [1.82, 2.24) is 0 Å². The van der Waals surface area contributed by atoms with Crippen molar-refractivity contribution in [3.63, 3.8) is 0 Å². The molecule has 2 N–H and O–H groups in total. The van der Waals surface area contributed by atoms with E-state index in [9.17, 15) is 4.79 Å². The summed E-state index contributed by atoms with van der Waals surface area (Å²) in [7, 11) is 0. The fourth-order valence-corrected chi connectivity index (χ4v) is 2.29. The first-order valence-electron chi connectivity index (χ1n) is 7.11. The summed E-state index contributed by atoms with van der Waals surface area (Å²) in [6.45, 7) is 1.01. The zero-order valence-electron chi connectivity index (χ0n) is 12.3. The van der Waals surface area contributed by atoms with Gasteiger partial charge in [0.05, 0.1) is 11.6 Å². The van der Waals surface area contributed by atoms with Crippen LogP contribution in [0.3, 0.4) is 0 Å². The minimum atomic E-state index is -0.0946. The molecule has 118 valence electrons. The Morgan fingerprint density at radius 3 is 2.39 bits per heavy atom. The zero-order chi connectivity index (χ0) is 16.2. The Labute approximate surface area is 138 Å². The molecule has 2 aromatic rings. The number of hydrogen-bond donors (Lipinski definition) is 1. The van der Waals surface area contributed by atoms with E-state index in [-0.39, 0.29) is 11.7 Å². The first kappa shape index (κ1) is 15.4. The van der Waals surface area contributed by atoms with Crippen molar-refractivity contribution in [2.24, 2.45) is 10.7 Å². The molecule has 23 heavy (non-hydrogen) atoms. The summed E-state index contributed by atoms with van der Waals surface area (Å²) in [6, 6.07) is 12.1. The van der Waals surface area contributed by atoms with Gasteiger partial charge in [0, 0.05) is 11.1 Å². The summed E-state index contributed by atoms with van der Waals surface area (Å²) in [6.07, 6.45) is 0. The van der Waals surface area contributed by atoms with E-state index >= 15 is 0 Å². The Bertz CT molecular complexity index is 757. The van der Waals surface area contributed by atoms with E-state index in [0.717, 1.165) is 0 Å². The Hall–Kier alpha value is -2.53. The van der Waals surface area contributed by atoms with Crippen molar-refractivity contribution in [3.05, 3.63) is 53.6 Å². The smallest absolute Gasteiger partial charge is 0.193 e. The topological polar surface area (TPSA) is 73.9 Å². The van der Waals surface area contributed by atoms with Gasteiger partial charge >= 0.3 is 0 Å². The molecule has 0 unspecified atom stereocenters. The molecular weight excluding hydrogens is 316 g/mol. The first-order valence-corrected chi connectivity index (χ1v) is 7.64. The van der Waals surface area contributed by atoms with Gasteiger partial charge in [0.25, 0.3) is 0 Å². The van der Waals surface area contributed by atoms with Crippen LogP contribution in [0, 0.1) is 0 Å². The molecule has 0 spiro atoms. The van der Waals surface area contributed by atoms with E-state index in [4.69, 9.17) is 26.8 Å². The number of benzene rings is 2. The molecule has 3 rings (SSSR count). The van der Waals surface area contributed by atoms with Crippen LogP contribution in [0.25, 0.3) is 0 Å². The normalized spacial score (nSPS) is 13.7. The number of ether oxygens (including phenoxy) is 2. The highest BCUT2D eigenvalue weighted by Crippen LogP contribution is 2.31. The van der Waals surface area contributed by atoms with Crippen molar-refractivity contribution in [3.8, 4) is 11.5 Å². The van der Waals surface area contributed by atoms with Crippen LogP contribution >= 0.6 is 11.6 Å². The van der Waals surface area contributed by atoms with Gasteiger partial charge in [-0.25, -0.2) is 4.99 Å². The third kappa shape index (κ3) is 3.46. The lowest BCUT2D eigenvalue weighted by atomic mass is 10.0. The van der Waals surface area contributed by atoms with Crippen molar-refractivity contribution in [1.29, 1.82) is 0 Å². The summed E-state index contributed by atoms with van der Waals surface area (Å²) in [5.41, 5.74) is 7.35. The van der Waals surface area contributed by atoms with Gasteiger partial charge in [-0.1, -0.05) is 0 Å². The van der Waals surface area contributed by atoms with E-state index in [1.54, 1.807) is 42.5 Å². The second-order valence-electron chi connectivity index (χ2n) is 4.97. The van der Waals surface area contributed by atoms with Gasteiger partial charge in [0.15, 0.2) is 17.3 Å². The number of hydrogen-bond acceptors (Lipinski definition) is 4. The minimum absolute atomic E-state index is 0.0946. The SMILES string of the molecule is NC(CCl)=Nc1ccc(C(=O)c2ccc3c(c2)OCCO3)cc1. The molecule has 5 nitrogen and oxygen atoms in total. The van der Waals surface area contributed by atoms with Crippen molar-refractivity contribution in [2.45, 2.75) is 0 Å². The van der Waals surface area contributed by atoms with E-state index < -0.39 is 0 Å². The number of aliphatic imine (C=N–C) groups is 1. The number of carbonyl (C=O) groups excluding carboxylic acids is 1. The van der Waals surface area contributed by atoms with Crippen LogP contribution in [-0.4, -0.2) is 30.7 Å². The van der Waals surface area contributed by atoms with Gasteiger partial charge in [-0.3, -0.25) is 4.79 Å². The maximum Gasteiger partial charge on any atom is 0.193 e. The summed E-state index contributed by atoms with van der Waals surface area (Å²) < 4.78 is 11.0. The van der Waals surface area contributed by atoms with Gasteiger partial charge in [-0.15, -0.1) is 11.6 Å². The lowest BCUT2D eigenvalue weighted by molar-refractivity contribution is 0.103. The number of nitrogens with two attached hydrogens (primary N) is 1. The van der Waals surface area contributed by atoms with Gasteiger partial charge in [0.2, 0.25) is 0 Å². The third-order valence-electron chi connectivity index (χ3n) is 3.34. The molecule has 0 atom stereocenters. The molecule has 0 aliphatic carbocycles. The number of rotatable bonds is 4. The molecule has 2 aromatic carbocycles. The van der Waals surface area contributed by atoms with Gasteiger partial charge in [-0.05, 0) is 42.5 Å². The average molecular weight is 331 g/mol. The number of amidine groups is 1. The molecule has 1 heterocycles. The molecule has 0 fully saturated rings. The number of alkyl halides is 1. The van der Waals surface area contributed by atoms with Crippen LogP contribution in [0.1, 0.15) is 15.9 Å². The fraction of sp³-hybridized carbons (Fsp3) is 0.176. The Kier molecular flexibility index (Phi) is 4.48. The summed E-state index contributed by atoms with van der Waals surface area (Å²) in [5, 5.41) is 0. The van der Waals surface area contributed by atoms with Crippen molar-refractivity contribution in [2.75, 3.05) is 19.1 Å². The number of fused-ring (bicyclic) bond motifs is 1. The number of carbonyl (C=O) groups is 1. The van der Waals surface area contributed by atoms with Crippen LogP contribution in [0.2, 0.25) is 0 Å². The van der Waals surface area contributed by atoms with E-state index in [0.29, 0.717) is 47.4 Å². The largest absolute Gasteiger partial charge is 0.486 e. The standard InChI is InChI=1S/C17H15ClN2O3/c18-10-16(19)20-13-4-1-11(2-5-13)17(21)12-3-6-14-15(9-12)23-8-7-22-14/h1-6,9H,7-8,10H2,(H2,19,20). The van der Waals surface area contributed by atoms with Crippen LogP contribution in [-0.2, 0) is 0 Å². The molecular formula is C17H15ClN2O3. The predicted octanol–water partition coefficient (Wildman–Crippen LogP) is 2.92. The Morgan fingerprint density at radius 2 is 1.70 bits per heavy atom. The fourth-order valence-electron chi connectivity index (χ4n) is 2.23. The molecule has 1 aliphatic rings. The molecule has 0 bridgehead atoms. The van der Waals surface area contributed by atoms with Crippen molar-refractivity contribution < 1.29 is 14.3 Å². The third-order valence-corrected chi connectivity index (χ3v) is 3.62. The quantitative estimate of drug-likeness (QED) is 0.405. The minimum Gasteiger partial charge on any atom is -0.486 e. The molecule has 0 amide bonds. The maximum atomic E-state index is 12.5. The van der Waals surface area contributed by atoms with Crippen LogP contribution in [0.4, 0.5) is 5.69 Å². The molecule has 6 heteroatoms. The van der Waals surface area contributed by atoms with E-state index in [1.807, 2.05) is 0 Å². The Balaban J connectivity index is 1.83. The number of halogens is 1. The second kappa shape index (κ2) is 6.71. The highest BCUT2D eigenvalue weighted by Gasteiger charge is 2.16. The maximum absolute atomic E-state index is 12.5. The Morgan fingerprint density at radius 1 is 1.04 bits per heavy atom. The lowest BCUT2D eigenvalue weighted by Gasteiger charge is -2.18. The van der Waals surface area contributed by atoms with E-state index in [2.05, 4.69) is 4.99 Å². The molecule has 1 aliphatic heterocycles. The van der Waals surface area contributed by atoms with Crippen LogP contribution < -0.4 is 15.2 Å². The molecule has 0 aromatic heterocycles.